The van der Waals surface area contributed by atoms with E-state index in [-0.39, 0.29) is 5.56 Å². The average molecular weight is 355 g/mol. The van der Waals surface area contributed by atoms with Crippen LogP contribution in [0.2, 0.25) is 0 Å². The van der Waals surface area contributed by atoms with Gasteiger partial charge in [-0.2, -0.15) is 10.4 Å². The number of carbonyl (C=O) groups is 1. The zero-order chi connectivity index (χ0) is 18.8. The molecular formula is C19H13N7O. The normalized spacial score (nSPS) is 10.5. The van der Waals surface area contributed by atoms with Gasteiger partial charge in [0, 0.05) is 12.4 Å². The molecule has 4 aromatic heterocycles. The molecule has 4 aromatic rings. The van der Waals surface area contributed by atoms with Crippen LogP contribution in [0, 0.1) is 11.3 Å². The van der Waals surface area contributed by atoms with Crippen LogP contribution in [0.3, 0.4) is 0 Å². The van der Waals surface area contributed by atoms with E-state index >= 15 is 0 Å². The van der Waals surface area contributed by atoms with E-state index in [1.54, 1.807) is 35.1 Å². The van der Waals surface area contributed by atoms with Gasteiger partial charge in [-0.05, 0) is 36.4 Å². The number of anilines is 2. The fourth-order valence-electron chi connectivity index (χ4n) is 2.74. The third-order valence-electron chi connectivity index (χ3n) is 4.00. The summed E-state index contributed by atoms with van der Waals surface area (Å²) in [6.07, 6.45) is 6.22. The van der Waals surface area contributed by atoms with Gasteiger partial charge in [0.2, 0.25) is 0 Å². The summed E-state index contributed by atoms with van der Waals surface area (Å²) in [4.78, 5) is 20.2. The highest BCUT2D eigenvalue weighted by Crippen LogP contribution is 2.27. The molecule has 0 aromatic carbocycles. The summed E-state index contributed by atoms with van der Waals surface area (Å²) < 4.78 is 1.68. The Bertz CT molecular complexity index is 1190. The Kier molecular flexibility index (Phi) is 3.95. The zero-order valence-corrected chi connectivity index (χ0v) is 14.0. The van der Waals surface area contributed by atoms with Crippen molar-refractivity contribution in [2.75, 3.05) is 5.32 Å². The lowest BCUT2D eigenvalue weighted by Gasteiger charge is -2.11. The van der Waals surface area contributed by atoms with Crippen LogP contribution in [0.15, 0.2) is 61.2 Å². The van der Waals surface area contributed by atoms with Gasteiger partial charge in [-0.1, -0.05) is 0 Å². The highest BCUT2D eigenvalue weighted by atomic mass is 16.1. The van der Waals surface area contributed by atoms with Gasteiger partial charge in [0.1, 0.15) is 6.07 Å². The molecule has 27 heavy (non-hydrogen) atoms. The first-order chi connectivity index (χ1) is 13.2. The van der Waals surface area contributed by atoms with E-state index in [1.807, 2.05) is 18.2 Å². The number of nitriles is 1. The lowest BCUT2D eigenvalue weighted by molar-refractivity contribution is 0.100. The number of amides is 1. The van der Waals surface area contributed by atoms with Gasteiger partial charge in [-0.3, -0.25) is 14.8 Å². The largest absolute Gasteiger partial charge is 0.365 e. The molecule has 0 unspecified atom stereocenters. The molecule has 1 amide bonds. The van der Waals surface area contributed by atoms with Gasteiger partial charge in [0.25, 0.3) is 5.91 Å². The van der Waals surface area contributed by atoms with Gasteiger partial charge < -0.3 is 11.1 Å². The second-order valence-electron chi connectivity index (χ2n) is 5.76. The van der Waals surface area contributed by atoms with Crippen LogP contribution in [-0.4, -0.2) is 25.5 Å². The minimum absolute atomic E-state index is 0.267. The monoisotopic (exact) mass is 355 g/mol. The van der Waals surface area contributed by atoms with E-state index in [2.05, 4.69) is 26.5 Å². The van der Waals surface area contributed by atoms with Crippen molar-refractivity contribution < 1.29 is 4.79 Å². The third kappa shape index (κ3) is 3.05. The summed E-state index contributed by atoms with van der Waals surface area (Å²) in [5, 5.41) is 16.4. The van der Waals surface area contributed by atoms with Crippen molar-refractivity contribution in [2.24, 2.45) is 5.73 Å². The second kappa shape index (κ2) is 6.57. The molecule has 8 heteroatoms. The molecule has 3 N–H and O–H groups in total. The van der Waals surface area contributed by atoms with Crippen LogP contribution in [0.25, 0.3) is 16.9 Å². The first-order valence-electron chi connectivity index (χ1n) is 8.01. The summed E-state index contributed by atoms with van der Waals surface area (Å²) in [7, 11) is 0. The summed E-state index contributed by atoms with van der Waals surface area (Å²) >= 11 is 0. The Balaban J connectivity index is 1.81. The van der Waals surface area contributed by atoms with Gasteiger partial charge in [0.15, 0.2) is 0 Å². The van der Waals surface area contributed by atoms with Gasteiger partial charge in [-0.25, -0.2) is 4.52 Å². The van der Waals surface area contributed by atoms with Crippen LogP contribution >= 0.6 is 0 Å². The fourth-order valence-corrected chi connectivity index (χ4v) is 2.74. The first-order valence-corrected chi connectivity index (χ1v) is 8.01. The molecule has 0 fully saturated rings. The molecule has 0 radical (unpaired) electrons. The molecule has 8 nitrogen and oxygen atoms in total. The molecule has 4 heterocycles. The topological polar surface area (TPSA) is 122 Å². The molecule has 4 rings (SSSR count). The van der Waals surface area contributed by atoms with Crippen molar-refractivity contribution >= 4 is 22.8 Å². The molecule has 0 aliphatic rings. The quantitative estimate of drug-likeness (QED) is 0.580. The predicted molar refractivity (Wildman–Crippen MR) is 99.2 cm³/mol. The molecule has 0 atom stereocenters. The number of fused-ring (bicyclic) bond motifs is 1. The number of hydrogen-bond donors (Lipinski definition) is 2. The summed E-state index contributed by atoms with van der Waals surface area (Å²) in [5.74, 6) is -0.586. The molecule has 0 saturated heterocycles. The molecule has 130 valence electrons. The Hall–Kier alpha value is -4.25. The van der Waals surface area contributed by atoms with Crippen molar-refractivity contribution in [3.63, 3.8) is 0 Å². The maximum absolute atomic E-state index is 11.8. The van der Waals surface area contributed by atoms with E-state index in [9.17, 15) is 4.79 Å². The molecular weight excluding hydrogens is 342 g/mol. The fraction of sp³-hybridized carbons (Fsp3) is 0. The van der Waals surface area contributed by atoms with E-state index in [4.69, 9.17) is 11.0 Å². The predicted octanol–water partition coefficient (Wildman–Crippen LogP) is 2.51. The SMILES string of the molecule is N#Cc1cnn2c(-c3cc(Nc4cccnc4)c(C(N)=O)cn3)ccc2c1. The van der Waals surface area contributed by atoms with E-state index < -0.39 is 5.91 Å². The Morgan fingerprint density at radius 1 is 1.19 bits per heavy atom. The number of nitrogens with zero attached hydrogens (tertiary/aromatic N) is 5. The lowest BCUT2D eigenvalue weighted by Crippen LogP contribution is -2.14. The molecule has 0 saturated carbocycles. The van der Waals surface area contributed by atoms with Crippen LogP contribution in [0.5, 0.6) is 0 Å². The highest BCUT2D eigenvalue weighted by molar-refractivity contribution is 5.99. The number of nitrogens with one attached hydrogen (secondary N) is 1. The van der Waals surface area contributed by atoms with Crippen LogP contribution < -0.4 is 11.1 Å². The molecule has 0 spiro atoms. The number of primary amides is 1. The second-order valence-corrected chi connectivity index (χ2v) is 5.76. The Morgan fingerprint density at radius 3 is 2.81 bits per heavy atom. The van der Waals surface area contributed by atoms with Crippen molar-refractivity contribution in [1.29, 1.82) is 5.26 Å². The number of rotatable bonds is 4. The number of hydrogen-bond acceptors (Lipinski definition) is 6. The van der Waals surface area contributed by atoms with E-state index in [1.165, 1.54) is 12.4 Å². The molecule has 0 bridgehead atoms. The van der Waals surface area contributed by atoms with Gasteiger partial charge in [0.05, 0.1) is 51.8 Å². The van der Waals surface area contributed by atoms with Crippen LogP contribution in [0.4, 0.5) is 11.4 Å². The van der Waals surface area contributed by atoms with Crippen LogP contribution in [-0.2, 0) is 0 Å². The number of pyridine rings is 2. The minimum Gasteiger partial charge on any atom is -0.365 e. The Morgan fingerprint density at radius 2 is 2.07 bits per heavy atom. The maximum atomic E-state index is 11.8. The van der Waals surface area contributed by atoms with Crippen molar-refractivity contribution in [3.05, 3.63) is 72.3 Å². The van der Waals surface area contributed by atoms with E-state index in [0.717, 1.165) is 11.2 Å². The van der Waals surface area contributed by atoms with Crippen LogP contribution in [0.1, 0.15) is 15.9 Å². The Labute approximate surface area is 153 Å². The molecule has 0 aliphatic carbocycles. The number of nitrogens with two attached hydrogens (primary N) is 1. The highest BCUT2D eigenvalue weighted by Gasteiger charge is 2.14. The lowest BCUT2D eigenvalue weighted by atomic mass is 10.1. The summed E-state index contributed by atoms with van der Waals surface area (Å²) in [6.45, 7) is 0. The van der Waals surface area contributed by atoms with E-state index in [0.29, 0.717) is 22.6 Å². The summed E-state index contributed by atoms with van der Waals surface area (Å²) in [5.41, 5.74) is 9.55. The number of aromatic nitrogens is 4. The smallest absolute Gasteiger partial charge is 0.252 e. The molecule has 0 aliphatic heterocycles. The average Bonchev–Trinajstić information content (AvgIpc) is 3.11. The third-order valence-corrected chi connectivity index (χ3v) is 4.00. The standard InChI is InChI=1S/C19H13N7O/c20-8-12-6-14-3-4-18(26(14)24-9-12)17-7-16(15(11-23-17)19(21)27)25-13-2-1-5-22-10-13/h1-7,9-11H,(H2,21,27)(H,23,25). The van der Waals surface area contributed by atoms with Crippen molar-refractivity contribution in [3.8, 4) is 17.5 Å². The van der Waals surface area contributed by atoms with Gasteiger partial charge in [-0.15, -0.1) is 0 Å². The number of carbonyl (C=O) groups excluding carboxylic acids is 1. The van der Waals surface area contributed by atoms with Crippen molar-refractivity contribution in [1.82, 2.24) is 19.6 Å². The maximum Gasteiger partial charge on any atom is 0.252 e. The minimum atomic E-state index is -0.586. The zero-order valence-electron chi connectivity index (χ0n) is 14.0. The first kappa shape index (κ1) is 16.2. The van der Waals surface area contributed by atoms with Crippen molar-refractivity contribution in [2.45, 2.75) is 0 Å². The van der Waals surface area contributed by atoms with Gasteiger partial charge >= 0.3 is 0 Å². The summed E-state index contributed by atoms with van der Waals surface area (Å²) in [6, 6.07) is 12.8.